The van der Waals surface area contributed by atoms with Gasteiger partial charge in [-0.15, -0.1) is 0 Å². The average Bonchev–Trinajstić information content (AvgIpc) is 2.88. The van der Waals surface area contributed by atoms with Crippen molar-refractivity contribution in [2.45, 2.75) is 82.0 Å². The standard InChI is InChI=1S/C28H45ClFN3O3/c1-31-19-26(17-21-10-12-25(30)13-11-21)32-27(34)33-15-6-8-23(20-33)28(35,14-3-4-16-36-2)22-7-5-9-24(29)18-22/h5,7,9,18,21,23,25-26,31,35H,3-4,6,8,10-17,19-20H2,1-2H3,(H,32,34)/t21?,23-,25?,26?,28-/m1/s1. The van der Waals surface area contributed by atoms with Crippen LogP contribution in [0.3, 0.4) is 0 Å². The van der Waals surface area contributed by atoms with E-state index in [1.165, 1.54) is 0 Å². The zero-order valence-corrected chi connectivity index (χ0v) is 22.7. The number of likely N-dealkylation sites (N-methyl/N-ethyl adjacent to an activating group) is 1. The summed E-state index contributed by atoms with van der Waals surface area (Å²) in [5, 5.41) is 19.1. The van der Waals surface area contributed by atoms with Crippen LogP contribution < -0.4 is 10.6 Å². The molecule has 36 heavy (non-hydrogen) atoms. The number of halogens is 2. The van der Waals surface area contributed by atoms with Crippen LogP contribution in [0, 0.1) is 11.8 Å². The number of carbonyl (C=O) groups is 1. The Bertz CT molecular complexity index is 808. The van der Waals surface area contributed by atoms with Crippen molar-refractivity contribution in [1.82, 2.24) is 15.5 Å². The summed E-state index contributed by atoms with van der Waals surface area (Å²) >= 11 is 6.30. The van der Waals surface area contributed by atoms with Gasteiger partial charge in [-0.2, -0.15) is 0 Å². The van der Waals surface area contributed by atoms with E-state index in [1.54, 1.807) is 7.11 Å². The van der Waals surface area contributed by atoms with Crippen LogP contribution in [0.15, 0.2) is 24.3 Å². The van der Waals surface area contributed by atoms with E-state index >= 15 is 0 Å². The summed E-state index contributed by atoms with van der Waals surface area (Å²) in [4.78, 5) is 15.2. The van der Waals surface area contributed by atoms with Gasteiger partial charge in [0.25, 0.3) is 0 Å². The van der Waals surface area contributed by atoms with Gasteiger partial charge in [-0.05, 0) is 94.9 Å². The number of benzene rings is 1. The molecule has 2 aliphatic rings. The van der Waals surface area contributed by atoms with E-state index in [0.717, 1.165) is 50.5 Å². The largest absolute Gasteiger partial charge is 0.385 e. The number of carbonyl (C=O) groups excluding carboxylic acids is 1. The molecule has 1 aromatic carbocycles. The Labute approximate surface area is 221 Å². The highest BCUT2D eigenvalue weighted by atomic mass is 35.5. The molecule has 0 radical (unpaired) electrons. The predicted octanol–water partition coefficient (Wildman–Crippen LogP) is 5.27. The summed E-state index contributed by atoms with van der Waals surface area (Å²) < 4.78 is 18.8. The minimum absolute atomic E-state index is 0.00453. The number of likely N-dealkylation sites (tertiary alicyclic amines) is 1. The molecule has 1 aromatic rings. The van der Waals surface area contributed by atoms with Crippen molar-refractivity contribution in [3.8, 4) is 0 Å². The Morgan fingerprint density at radius 2 is 2.06 bits per heavy atom. The Morgan fingerprint density at radius 1 is 1.28 bits per heavy atom. The summed E-state index contributed by atoms with van der Waals surface area (Å²) in [5.74, 6) is 0.366. The van der Waals surface area contributed by atoms with Gasteiger partial charge >= 0.3 is 6.03 Å². The lowest BCUT2D eigenvalue weighted by molar-refractivity contribution is -0.0564. The predicted molar refractivity (Wildman–Crippen MR) is 143 cm³/mol. The first kappa shape index (κ1) is 29.2. The Kier molecular flexibility index (Phi) is 11.7. The average molecular weight is 526 g/mol. The molecule has 1 saturated carbocycles. The fourth-order valence-corrected chi connectivity index (χ4v) is 6.19. The molecule has 2 fully saturated rings. The molecule has 6 nitrogen and oxygen atoms in total. The normalized spacial score (nSPS) is 25.2. The number of hydrogen-bond acceptors (Lipinski definition) is 4. The lowest BCUT2D eigenvalue weighted by Crippen LogP contribution is -2.54. The Hall–Kier alpha value is -1.41. The second-order valence-electron chi connectivity index (χ2n) is 10.7. The third-order valence-electron chi connectivity index (χ3n) is 8.04. The maximum Gasteiger partial charge on any atom is 0.317 e. The van der Waals surface area contributed by atoms with E-state index < -0.39 is 11.8 Å². The summed E-state index contributed by atoms with van der Waals surface area (Å²) in [5.41, 5.74) is -0.247. The topological polar surface area (TPSA) is 73.8 Å². The number of unbranched alkanes of at least 4 members (excludes halogenated alkanes) is 1. The first-order chi connectivity index (χ1) is 17.4. The van der Waals surface area contributed by atoms with Crippen LogP contribution >= 0.6 is 11.6 Å². The van der Waals surface area contributed by atoms with Crippen LogP contribution in [0.5, 0.6) is 0 Å². The number of piperidine rings is 1. The highest BCUT2D eigenvalue weighted by Crippen LogP contribution is 2.40. The molecule has 204 valence electrons. The van der Waals surface area contributed by atoms with E-state index in [0.29, 0.717) is 56.4 Å². The van der Waals surface area contributed by atoms with Crippen molar-refractivity contribution in [3.05, 3.63) is 34.9 Å². The third-order valence-corrected chi connectivity index (χ3v) is 8.27. The minimum Gasteiger partial charge on any atom is -0.385 e. The number of methoxy groups -OCH3 is 1. The van der Waals surface area contributed by atoms with Gasteiger partial charge in [-0.1, -0.05) is 23.7 Å². The van der Waals surface area contributed by atoms with Crippen LogP contribution in [-0.2, 0) is 10.3 Å². The molecular weight excluding hydrogens is 481 g/mol. The second-order valence-corrected chi connectivity index (χ2v) is 11.2. The zero-order valence-electron chi connectivity index (χ0n) is 22.0. The molecule has 3 atom stereocenters. The summed E-state index contributed by atoms with van der Waals surface area (Å²) in [6.45, 7) is 2.52. The maximum absolute atomic E-state index is 13.6. The van der Waals surface area contributed by atoms with Crippen LogP contribution in [0.1, 0.15) is 69.8 Å². The van der Waals surface area contributed by atoms with Crippen LogP contribution in [-0.4, -0.2) is 68.6 Å². The van der Waals surface area contributed by atoms with Crippen molar-refractivity contribution >= 4 is 17.6 Å². The molecule has 0 bridgehead atoms. The highest BCUT2D eigenvalue weighted by molar-refractivity contribution is 6.30. The lowest BCUT2D eigenvalue weighted by atomic mass is 9.74. The Morgan fingerprint density at radius 3 is 2.75 bits per heavy atom. The summed E-state index contributed by atoms with van der Waals surface area (Å²) in [6, 6.07) is 7.42. The summed E-state index contributed by atoms with van der Waals surface area (Å²) in [7, 11) is 3.58. The third kappa shape index (κ3) is 8.30. The van der Waals surface area contributed by atoms with Crippen molar-refractivity contribution in [2.75, 3.05) is 40.4 Å². The summed E-state index contributed by atoms with van der Waals surface area (Å²) in [6.07, 6.45) is 7.21. The van der Waals surface area contributed by atoms with Crippen LogP contribution in [0.2, 0.25) is 5.02 Å². The number of hydrogen-bond donors (Lipinski definition) is 3. The lowest BCUT2D eigenvalue weighted by Gasteiger charge is -2.43. The molecule has 0 spiro atoms. The Balaban J connectivity index is 1.66. The van der Waals surface area contributed by atoms with Gasteiger partial charge in [-0.25, -0.2) is 9.18 Å². The monoisotopic (exact) mass is 525 g/mol. The quantitative estimate of drug-likeness (QED) is 0.325. The molecule has 1 unspecified atom stereocenters. The molecule has 1 aliphatic carbocycles. The minimum atomic E-state index is -1.06. The van der Waals surface area contributed by atoms with E-state index in [4.69, 9.17) is 16.3 Å². The van der Waals surface area contributed by atoms with Crippen molar-refractivity contribution < 1.29 is 19.0 Å². The fraction of sp³-hybridized carbons (Fsp3) is 0.750. The van der Waals surface area contributed by atoms with E-state index in [2.05, 4.69) is 10.6 Å². The number of alkyl halides is 1. The van der Waals surface area contributed by atoms with Gasteiger partial charge in [0, 0.05) is 50.3 Å². The number of ether oxygens (including phenoxy) is 1. The van der Waals surface area contributed by atoms with E-state index in [9.17, 15) is 14.3 Å². The number of aliphatic hydroxyl groups is 1. The SMILES string of the molecule is CNCC(CC1CCC(F)CC1)NC(=O)N1CCC[C@@H]([C@@](O)(CCCCOC)c2cccc(Cl)c2)C1. The second kappa shape index (κ2) is 14.5. The van der Waals surface area contributed by atoms with Crippen molar-refractivity contribution in [2.24, 2.45) is 11.8 Å². The van der Waals surface area contributed by atoms with Crippen LogP contribution in [0.4, 0.5) is 9.18 Å². The van der Waals surface area contributed by atoms with Gasteiger partial charge in [0.1, 0.15) is 6.17 Å². The molecule has 1 aliphatic heterocycles. The molecule has 1 heterocycles. The molecule has 0 aromatic heterocycles. The number of rotatable bonds is 12. The first-order valence-corrected chi connectivity index (χ1v) is 14.0. The highest BCUT2D eigenvalue weighted by Gasteiger charge is 2.41. The van der Waals surface area contributed by atoms with Crippen molar-refractivity contribution in [1.29, 1.82) is 0 Å². The number of nitrogens with one attached hydrogen (secondary N) is 2. The van der Waals surface area contributed by atoms with E-state index in [-0.39, 0.29) is 18.0 Å². The molecule has 2 amide bonds. The smallest absolute Gasteiger partial charge is 0.317 e. The molecule has 1 saturated heterocycles. The molecular formula is C28H45ClFN3O3. The van der Waals surface area contributed by atoms with E-state index in [1.807, 2.05) is 36.2 Å². The van der Waals surface area contributed by atoms with Gasteiger partial charge in [0.15, 0.2) is 0 Å². The van der Waals surface area contributed by atoms with Crippen LogP contribution in [0.25, 0.3) is 0 Å². The van der Waals surface area contributed by atoms with Gasteiger partial charge < -0.3 is 25.4 Å². The fourth-order valence-electron chi connectivity index (χ4n) is 6.00. The number of urea groups is 1. The van der Waals surface area contributed by atoms with Gasteiger partial charge in [0.05, 0.1) is 5.60 Å². The first-order valence-electron chi connectivity index (χ1n) is 13.7. The molecule has 3 N–H and O–H groups in total. The number of amides is 2. The molecule has 8 heteroatoms. The molecule has 3 rings (SSSR count). The van der Waals surface area contributed by atoms with Crippen molar-refractivity contribution in [3.63, 3.8) is 0 Å². The van der Waals surface area contributed by atoms with Gasteiger partial charge in [0.2, 0.25) is 0 Å². The maximum atomic E-state index is 13.6. The number of nitrogens with zero attached hydrogens (tertiary/aromatic N) is 1. The van der Waals surface area contributed by atoms with Gasteiger partial charge in [-0.3, -0.25) is 0 Å². The zero-order chi connectivity index (χ0) is 26.0.